The highest BCUT2D eigenvalue weighted by Crippen LogP contribution is 2.39. The van der Waals surface area contributed by atoms with Crippen molar-refractivity contribution in [1.29, 1.82) is 0 Å². The standard InChI is InChI=1S/C14H18BrF3N2/c1-13(19-2)5-7-20(8-6-13)12-4-3-10(15)9-11(12)14(16,17)18/h3-4,9,19H,5-8H2,1-2H3. The molecule has 2 nitrogen and oxygen atoms in total. The second-order valence-corrected chi connectivity index (χ2v) is 6.37. The van der Waals surface area contributed by atoms with E-state index in [4.69, 9.17) is 0 Å². The lowest BCUT2D eigenvalue weighted by Crippen LogP contribution is -2.50. The third-order valence-electron chi connectivity index (χ3n) is 4.08. The summed E-state index contributed by atoms with van der Waals surface area (Å²) in [5, 5.41) is 3.25. The van der Waals surface area contributed by atoms with Gasteiger partial charge in [-0.15, -0.1) is 0 Å². The van der Waals surface area contributed by atoms with Crippen LogP contribution in [-0.2, 0) is 6.18 Å². The van der Waals surface area contributed by atoms with Crippen LogP contribution >= 0.6 is 15.9 Å². The van der Waals surface area contributed by atoms with E-state index in [0.29, 0.717) is 17.6 Å². The summed E-state index contributed by atoms with van der Waals surface area (Å²) in [6, 6.07) is 4.37. The number of nitrogens with zero attached hydrogens (tertiary/aromatic N) is 1. The van der Waals surface area contributed by atoms with E-state index in [1.807, 2.05) is 11.9 Å². The van der Waals surface area contributed by atoms with Crippen molar-refractivity contribution in [2.75, 3.05) is 25.0 Å². The van der Waals surface area contributed by atoms with E-state index in [2.05, 4.69) is 28.2 Å². The Kier molecular flexibility index (Phi) is 4.35. The van der Waals surface area contributed by atoms with Crippen molar-refractivity contribution in [2.45, 2.75) is 31.5 Å². The topological polar surface area (TPSA) is 15.3 Å². The van der Waals surface area contributed by atoms with Crippen molar-refractivity contribution in [3.8, 4) is 0 Å². The third kappa shape index (κ3) is 3.28. The molecule has 1 fully saturated rings. The van der Waals surface area contributed by atoms with E-state index >= 15 is 0 Å². The van der Waals surface area contributed by atoms with Crippen molar-refractivity contribution in [3.05, 3.63) is 28.2 Å². The molecule has 0 bridgehead atoms. The first-order chi connectivity index (χ1) is 9.25. The molecule has 1 heterocycles. The highest BCUT2D eigenvalue weighted by Gasteiger charge is 2.37. The lowest BCUT2D eigenvalue weighted by molar-refractivity contribution is -0.137. The smallest absolute Gasteiger partial charge is 0.371 e. The van der Waals surface area contributed by atoms with Gasteiger partial charge in [-0.25, -0.2) is 0 Å². The summed E-state index contributed by atoms with van der Waals surface area (Å²) in [6.45, 7) is 3.36. The summed E-state index contributed by atoms with van der Waals surface area (Å²) < 4.78 is 39.9. The van der Waals surface area contributed by atoms with Gasteiger partial charge in [0, 0.05) is 28.8 Å². The molecule has 0 unspecified atom stereocenters. The molecule has 0 atom stereocenters. The van der Waals surface area contributed by atoms with Gasteiger partial charge in [-0.3, -0.25) is 0 Å². The highest BCUT2D eigenvalue weighted by molar-refractivity contribution is 9.10. The van der Waals surface area contributed by atoms with Crippen molar-refractivity contribution >= 4 is 21.6 Å². The lowest BCUT2D eigenvalue weighted by atomic mass is 9.89. The molecule has 1 aliphatic rings. The number of hydrogen-bond donors (Lipinski definition) is 1. The maximum absolute atomic E-state index is 13.1. The molecular formula is C14H18BrF3N2. The van der Waals surface area contributed by atoms with Crippen LogP contribution in [0.4, 0.5) is 18.9 Å². The van der Waals surface area contributed by atoms with Crippen molar-refractivity contribution < 1.29 is 13.2 Å². The van der Waals surface area contributed by atoms with Crippen LogP contribution in [0.2, 0.25) is 0 Å². The summed E-state index contributed by atoms with van der Waals surface area (Å²) in [4.78, 5) is 1.83. The SMILES string of the molecule is CNC1(C)CCN(c2ccc(Br)cc2C(F)(F)F)CC1. The van der Waals surface area contributed by atoms with Crippen LogP contribution in [0.1, 0.15) is 25.3 Å². The molecule has 112 valence electrons. The molecule has 20 heavy (non-hydrogen) atoms. The van der Waals surface area contributed by atoms with Crippen LogP contribution in [0, 0.1) is 0 Å². The fourth-order valence-electron chi connectivity index (χ4n) is 2.50. The van der Waals surface area contributed by atoms with Crippen LogP contribution in [0.5, 0.6) is 0 Å². The summed E-state index contributed by atoms with van der Waals surface area (Å²) in [5.74, 6) is 0. The fourth-order valence-corrected chi connectivity index (χ4v) is 2.86. The first kappa shape index (κ1) is 15.6. The maximum Gasteiger partial charge on any atom is 0.418 e. The molecule has 1 aromatic rings. The zero-order valence-corrected chi connectivity index (χ0v) is 13.1. The summed E-state index contributed by atoms with van der Waals surface area (Å²) in [5.41, 5.74) is -0.275. The maximum atomic E-state index is 13.1. The summed E-state index contributed by atoms with van der Waals surface area (Å²) in [7, 11) is 1.90. The Bertz CT molecular complexity index is 480. The highest BCUT2D eigenvalue weighted by atomic mass is 79.9. The van der Waals surface area contributed by atoms with Gasteiger partial charge in [0.15, 0.2) is 0 Å². The number of rotatable bonds is 2. The Morgan fingerprint density at radius 1 is 1.25 bits per heavy atom. The monoisotopic (exact) mass is 350 g/mol. The first-order valence-corrected chi connectivity index (χ1v) is 7.35. The number of anilines is 1. The Labute approximate surface area is 125 Å². The largest absolute Gasteiger partial charge is 0.418 e. The first-order valence-electron chi connectivity index (χ1n) is 6.56. The molecule has 0 aromatic heterocycles. The zero-order chi connectivity index (χ0) is 15.0. The van der Waals surface area contributed by atoms with Gasteiger partial charge in [-0.05, 0) is 45.0 Å². The molecule has 6 heteroatoms. The van der Waals surface area contributed by atoms with E-state index in [9.17, 15) is 13.2 Å². The molecule has 1 aromatic carbocycles. The molecule has 0 spiro atoms. The van der Waals surface area contributed by atoms with Gasteiger partial charge in [-0.1, -0.05) is 15.9 Å². The minimum atomic E-state index is -4.33. The summed E-state index contributed by atoms with van der Waals surface area (Å²) in [6.07, 6.45) is -2.67. The fraction of sp³-hybridized carbons (Fsp3) is 0.571. The normalized spacial score (nSPS) is 19.2. The minimum Gasteiger partial charge on any atom is -0.371 e. The number of nitrogens with one attached hydrogen (secondary N) is 1. The Balaban J connectivity index is 2.26. The molecule has 0 amide bonds. The average molecular weight is 351 g/mol. The van der Waals surface area contributed by atoms with Crippen molar-refractivity contribution in [2.24, 2.45) is 0 Å². The van der Waals surface area contributed by atoms with Gasteiger partial charge in [0.2, 0.25) is 0 Å². The van der Waals surface area contributed by atoms with Gasteiger partial charge >= 0.3 is 6.18 Å². The van der Waals surface area contributed by atoms with Gasteiger partial charge in [0.1, 0.15) is 0 Å². The molecule has 2 rings (SSSR count). The third-order valence-corrected chi connectivity index (χ3v) is 4.57. The zero-order valence-electron chi connectivity index (χ0n) is 11.5. The van der Waals surface area contributed by atoms with Gasteiger partial charge in [-0.2, -0.15) is 13.2 Å². The number of piperidine rings is 1. The van der Waals surface area contributed by atoms with Crippen molar-refractivity contribution in [1.82, 2.24) is 5.32 Å². The molecule has 0 radical (unpaired) electrons. The average Bonchev–Trinajstić information content (AvgIpc) is 2.39. The number of alkyl halides is 3. The van der Waals surface area contributed by atoms with Crippen LogP contribution in [0.3, 0.4) is 0 Å². The second kappa shape index (κ2) is 5.56. The molecular weight excluding hydrogens is 333 g/mol. The minimum absolute atomic E-state index is 0.0181. The van der Waals surface area contributed by atoms with E-state index in [-0.39, 0.29) is 11.2 Å². The quantitative estimate of drug-likeness (QED) is 0.865. The number of halogens is 4. The predicted molar refractivity (Wildman–Crippen MR) is 78.1 cm³/mol. The number of hydrogen-bond acceptors (Lipinski definition) is 2. The second-order valence-electron chi connectivity index (χ2n) is 5.46. The van der Waals surface area contributed by atoms with E-state index < -0.39 is 11.7 Å². The molecule has 1 saturated heterocycles. The van der Waals surface area contributed by atoms with Crippen LogP contribution in [0.25, 0.3) is 0 Å². The molecule has 0 saturated carbocycles. The molecule has 1 N–H and O–H groups in total. The number of benzene rings is 1. The Hall–Kier alpha value is -0.750. The lowest BCUT2D eigenvalue weighted by Gasteiger charge is -2.41. The van der Waals surface area contributed by atoms with Gasteiger partial charge in [0.05, 0.1) is 5.56 Å². The van der Waals surface area contributed by atoms with E-state index in [1.165, 1.54) is 0 Å². The molecule has 1 aliphatic heterocycles. The van der Waals surface area contributed by atoms with Crippen LogP contribution < -0.4 is 10.2 Å². The Morgan fingerprint density at radius 3 is 2.35 bits per heavy atom. The van der Waals surface area contributed by atoms with Gasteiger partial charge < -0.3 is 10.2 Å². The summed E-state index contributed by atoms with van der Waals surface area (Å²) >= 11 is 3.11. The van der Waals surface area contributed by atoms with Gasteiger partial charge in [0.25, 0.3) is 0 Å². The van der Waals surface area contributed by atoms with E-state index in [1.54, 1.807) is 12.1 Å². The van der Waals surface area contributed by atoms with Crippen LogP contribution in [-0.4, -0.2) is 25.7 Å². The predicted octanol–water partition coefficient (Wildman–Crippen LogP) is 4.05. The van der Waals surface area contributed by atoms with Crippen LogP contribution in [0.15, 0.2) is 22.7 Å². The molecule has 0 aliphatic carbocycles. The van der Waals surface area contributed by atoms with E-state index in [0.717, 1.165) is 18.9 Å². The van der Waals surface area contributed by atoms with Crippen molar-refractivity contribution in [3.63, 3.8) is 0 Å². The Morgan fingerprint density at radius 2 is 1.85 bits per heavy atom.